The van der Waals surface area contributed by atoms with Crippen molar-refractivity contribution in [1.82, 2.24) is 14.4 Å². The molecule has 1 atom stereocenters. The van der Waals surface area contributed by atoms with E-state index in [0.717, 1.165) is 30.6 Å². The Hall–Kier alpha value is -2.71. The van der Waals surface area contributed by atoms with Gasteiger partial charge in [0.15, 0.2) is 5.76 Å². The molecule has 29 heavy (non-hydrogen) atoms. The third-order valence-corrected chi connectivity index (χ3v) is 7.08. The number of aromatic nitrogens is 2. The van der Waals surface area contributed by atoms with Crippen molar-refractivity contribution in [3.05, 3.63) is 60.6 Å². The Morgan fingerprint density at radius 1 is 1.14 bits per heavy atom. The zero-order valence-electron chi connectivity index (χ0n) is 16.2. The van der Waals surface area contributed by atoms with E-state index < -0.39 is 10.0 Å². The van der Waals surface area contributed by atoms with E-state index in [1.807, 2.05) is 30.3 Å². The molecule has 1 fully saturated rings. The van der Waals surface area contributed by atoms with Gasteiger partial charge in [-0.05, 0) is 49.2 Å². The van der Waals surface area contributed by atoms with Gasteiger partial charge in [-0.3, -0.25) is 4.98 Å². The number of rotatable bonds is 5. The minimum absolute atomic E-state index is 0.196. The van der Waals surface area contributed by atoms with Crippen LogP contribution < -0.4 is 4.74 Å². The van der Waals surface area contributed by atoms with E-state index in [0.29, 0.717) is 24.4 Å². The van der Waals surface area contributed by atoms with Crippen LogP contribution in [0.25, 0.3) is 11.3 Å². The molecule has 0 amide bonds. The molecule has 3 heterocycles. The number of hydrogen-bond acceptors (Lipinski definition) is 6. The van der Waals surface area contributed by atoms with E-state index in [-0.39, 0.29) is 10.9 Å². The standard InChI is InChI=1S/C21H23N3O4S/c1-27-17-10-8-16(9-11-17)19-14-21(28-23-19)20-7-3-2-4-13-24(20)29(25,26)18-6-5-12-22-15-18/h5-6,8-12,14-15,20H,2-4,7,13H2,1H3/t20-/m1/s1. The minimum Gasteiger partial charge on any atom is -0.497 e. The summed E-state index contributed by atoms with van der Waals surface area (Å²) in [6, 6.07) is 12.2. The van der Waals surface area contributed by atoms with Crippen LogP contribution in [0.15, 0.2) is 64.3 Å². The normalized spacial score (nSPS) is 18.3. The van der Waals surface area contributed by atoms with E-state index in [1.165, 1.54) is 10.5 Å². The first-order valence-electron chi connectivity index (χ1n) is 9.62. The number of methoxy groups -OCH3 is 1. The number of ether oxygens (including phenoxy) is 1. The van der Waals surface area contributed by atoms with Crippen LogP contribution in [0.3, 0.4) is 0 Å². The van der Waals surface area contributed by atoms with E-state index >= 15 is 0 Å². The number of nitrogens with zero attached hydrogens (tertiary/aromatic N) is 3. The molecule has 0 radical (unpaired) electrons. The predicted octanol–water partition coefficient (Wildman–Crippen LogP) is 4.05. The fraction of sp³-hybridized carbons (Fsp3) is 0.333. The van der Waals surface area contributed by atoms with Crippen LogP contribution in [0.4, 0.5) is 0 Å². The lowest BCUT2D eigenvalue weighted by atomic mass is 10.1. The average Bonchev–Trinajstić information content (AvgIpc) is 3.11. The molecule has 0 spiro atoms. The highest BCUT2D eigenvalue weighted by molar-refractivity contribution is 7.89. The van der Waals surface area contributed by atoms with E-state index in [4.69, 9.17) is 9.26 Å². The SMILES string of the molecule is COc1ccc(-c2cc([C@H]3CCCCCN3S(=O)(=O)c3cccnc3)on2)cc1. The van der Waals surface area contributed by atoms with Gasteiger partial charge in [-0.2, -0.15) is 4.31 Å². The highest BCUT2D eigenvalue weighted by atomic mass is 32.2. The van der Waals surface area contributed by atoms with Crippen molar-refractivity contribution < 1.29 is 17.7 Å². The first kappa shape index (κ1) is 19.6. The van der Waals surface area contributed by atoms with Crippen LogP contribution >= 0.6 is 0 Å². The predicted molar refractivity (Wildman–Crippen MR) is 108 cm³/mol. The lowest BCUT2D eigenvalue weighted by Crippen LogP contribution is -2.34. The molecule has 0 N–H and O–H groups in total. The summed E-state index contributed by atoms with van der Waals surface area (Å²) in [5, 5.41) is 4.19. The van der Waals surface area contributed by atoms with Gasteiger partial charge in [0.05, 0.1) is 13.2 Å². The molecular weight excluding hydrogens is 390 g/mol. The Balaban J connectivity index is 1.67. The van der Waals surface area contributed by atoms with Gasteiger partial charge in [0.1, 0.15) is 16.3 Å². The highest BCUT2D eigenvalue weighted by Gasteiger charge is 2.35. The quantitative estimate of drug-likeness (QED) is 0.627. The number of sulfonamides is 1. The van der Waals surface area contributed by atoms with Crippen LogP contribution in [-0.4, -0.2) is 36.5 Å². The zero-order valence-corrected chi connectivity index (χ0v) is 17.0. The van der Waals surface area contributed by atoms with E-state index in [1.54, 1.807) is 25.4 Å². The monoisotopic (exact) mass is 413 g/mol. The van der Waals surface area contributed by atoms with Crippen LogP contribution in [0.1, 0.15) is 37.5 Å². The van der Waals surface area contributed by atoms with Crippen molar-refractivity contribution >= 4 is 10.0 Å². The van der Waals surface area contributed by atoms with Crippen LogP contribution in [-0.2, 0) is 10.0 Å². The molecule has 1 aliphatic heterocycles. The summed E-state index contributed by atoms with van der Waals surface area (Å²) in [7, 11) is -2.06. The average molecular weight is 413 g/mol. The highest BCUT2D eigenvalue weighted by Crippen LogP contribution is 2.36. The van der Waals surface area contributed by atoms with Crippen LogP contribution in [0.5, 0.6) is 5.75 Å². The Bertz CT molecular complexity index is 1050. The molecular formula is C21H23N3O4S. The molecule has 0 saturated carbocycles. The second-order valence-corrected chi connectivity index (χ2v) is 8.90. The first-order chi connectivity index (χ1) is 14.1. The molecule has 0 bridgehead atoms. The fourth-order valence-corrected chi connectivity index (χ4v) is 5.26. The van der Waals surface area contributed by atoms with Crippen molar-refractivity contribution in [2.75, 3.05) is 13.7 Å². The van der Waals surface area contributed by atoms with Gasteiger partial charge in [0.2, 0.25) is 10.0 Å². The zero-order chi connectivity index (χ0) is 20.3. The number of hydrogen-bond donors (Lipinski definition) is 0. The Morgan fingerprint density at radius 3 is 2.69 bits per heavy atom. The van der Waals surface area contributed by atoms with Crippen molar-refractivity contribution in [1.29, 1.82) is 0 Å². The largest absolute Gasteiger partial charge is 0.497 e. The number of pyridine rings is 1. The Kier molecular flexibility index (Phi) is 5.64. The van der Waals surface area contributed by atoms with E-state index in [9.17, 15) is 8.42 Å². The molecule has 1 saturated heterocycles. The summed E-state index contributed by atoms with van der Waals surface area (Å²) in [4.78, 5) is 4.17. The smallest absolute Gasteiger partial charge is 0.245 e. The summed E-state index contributed by atoms with van der Waals surface area (Å²) in [5.74, 6) is 1.32. The van der Waals surface area contributed by atoms with E-state index in [2.05, 4.69) is 10.1 Å². The van der Waals surface area contributed by atoms with Crippen LogP contribution in [0, 0.1) is 0 Å². The van der Waals surface area contributed by atoms with Crippen molar-refractivity contribution in [3.63, 3.8) is 0 Å². The minimum atomic E-state index is -3.68. The summed E-state index contributed by atoms with van der Waals surface area (Å²) >= 11 is 0. The van der Waals surface area contributed by atoms with Gasteiger partial charge in [-0.25, -0.2) is 8.42 Å². The maximum absolute atomic E-state index is 13.3. The first-order valence-corrected chi connectivity index (χ1v) is 11.1. The summed E-state index contributed by atoms with van der Waals surface area (Å²) in [5.41, 5.74) is 1.56. The fourth-order valence-electron chi connectivity index (χ4n) is 3.63. The van der Waals surface area contributed by atoms with Crippen molar-refractivity contribution in [2.45, 2.75) is 36.6 Å². The molecule has 0 unspecified atom stereocenters. The van der Waals surface area contributed by atoms with Gasteiger partial charge in [-0.1, -0.05) is 18.0 Å². The Morgan fingerprint density at radius 2 is 1.97 bits per heavy atom. The van der Waals surface area contributed by atoms with Crippen molar-refractivity contribution in [3.8, 4) is 17.0 Å². The molecule has 0 aliphatic carbocycles. The summed E-state index contributed by atoms with van der Waals surface area (Å²) in [6.07, 6.45) is 6.38. The third-order valence-electron chi connectivity index (χ3n) is 5.19. The molecule has 4 rings (SSSR count). The van der Waals surface area contributed by atoms with Gasteiger partial charge in [0.25, 0.3) is 0 Å². The maximum Gasteiger partial charge on any atom is 0.245 e. The maximum atomic E-state index is 13.3. The molecule has 152 valence electrons. The molecule has 3 aromatic rings. The lowest BCUT2D eigenvalue weighted by Gasteiger charge is -2.27. The van der Waals surface area contributed by atoms with Crippen molar-refractivity contribution in [2.24, 2.45) is 0 Å². The van der Waals surface area contributed by atoms with Gasteiger partial charge >= 0.3 is 0 Å². The molecule has 1 aliphatic rings. The molecule has 2 aromatic heterocycles. The second-order valence-electron chi connectivity index (χ2n) is 7.01. The summed E-state index contributed by atoms with van der Waals surface area (Å²) < 4.78 is 38.9. The topological polar surface area (TPSA) is 85.5 Å². The van der Waals surface area contributed by atoms with Gasteiger partial charge in [0, 0.05) is 30.6 Å². The Labute approximate surface area is 170 Å². The molecule has 7 nitrogen and oxygen atoms in total. The second kappa shape index (κ2) is 8.34. The summed E-state index contributed by atoms with van der Waals surface area (Å²) in [6.45, 7) is 0.445. The van der Waals surface area contributed by atoms with Gasteiger partial charge in [-0.15, -0.1) is 0 Å². The third kappa shape index (κ3) is 4.04. The molecule has 8 heteroatoms. The molecule has 1 aromatic carbocycles. The van der Waals surface area contributed by atoms with Gasteiger partial charge < -0.3 is 9.26 Å². The lowest BCUT2D eigenvalue weighted by molar-refractivity contribution is 0.259. The number of benzene rings is 1. The van der Waals surface area contributed by atoms with Crippen LogP contribution in [0.2, 0.25) is 0 Å².